The molecule has 0 aliphatic carbocycles. The van der Waals surface area contributed by atoms with Crippen molar-refractivity contribution >= 4 is 6.29 Å². The molecular weight excluding hydrogens is 138 g/mol. The van der Waals surface area contributed by atoms with E-state index >= 15 is 0 Å². The van der Waals surface area contributed by atoms with Crippen LogP contribution in [0.5, 0.6) is 0 Å². The molecule has 0 aliphatic rings. The average Bonchev–Trinajstić information content (AvgIpc) is 2.00. The lowest BCUT2D eigenvalue weighted by molar-refractivity contribution is -0.107. The second-order valence-corrected chi connectivity index (χ2v) is 2.44. The van der Waals surface area contributed by atoms with Crippen molar-refractivity contribution in [2.45, 2.75) is 12.8 Å². The molecule has 0 spiro atoms. The maximum atomic E-state index is 10.0. The molecule has 11 heavy (non-hydrogen) atoms. The summed E-state index contributed by atoms with van der Waals surface area (Å²) in [6.45, 7) is 8.23. The zero-order chi connectivity index (χ0) is 8.69. The molecule has 0 aromatic carbocycles. The molecule has 0 amide bonds. The fourth-order valence-corrected chi connectivity index (χ4v) is 0.739. The second kappa shape index (κ2) is 5.71. The standard InChI is InChI=1S/C9H15NO/c1-4-7-10(3)9(2)6-5-8-11/h4,8H,1-2,5-7H2,3H3. The first-order chi connectivity index (χ1) is 5.22. The first-order valence-electron chi connectivity index (χ1n) is 3.65. The van der Waals surface area contributed by atoms with Gasteiger partial charge in [-0.15, -0.1) is 6.58 Å². The number of carbonyl (C=O) groups is 1. The minimum atomic E-state index is 0.556. The van der Waals surface area contributed by atoms with Crippen LogP contribution in [0, 0.1) is 0 Å². The van der Waals surface area contributed by atoms with E-state index in [-0.39, 0.29) is 0 Å². The predicted octanol–water partition coefficient (Wildman–Crippen LogP) is 1.60. The third-order valence-corrected chi connectivity index (χ3v) is 1.49. The van der Waals surface area contributed by atoms with Crippen molar-refractivity contribution in [3.05, 3.63) is 24.9 Å². The van der Waals surface area contributed by atoms with Crippen LogP contribution in [-0.4, -0.2) is 24.8 Å². The summed E-state index contributed by atoms with van der Waals surface area (Å²) in [5, 5.41) is 0. The molecule has 0 heterocycles. The van der Waals surface area contributed by atoms with Gasteiger partial charge in [-0.05, 0) is 6.42 Å². The van der Waals surface area contributed by atoms with Crippen LogP contribution in [0.15, 0.2) is 24.9 Å². The molecule has 0 rings (SSSR count). The Morgan fingerprint density at radius 1 is 1.64 bits per heavy atom. The van der Waals surface area contributed by atoms with Gasteiger partial charge in [0, 0.05) is 25.7 Å². The maximum absolute atomic E-state index is 10.0. The Hall–Kier alpha value is -1.05. The van der Waals surface area contributed by atoms with Crippen molar-refractivity contribution in [2.75, 3.05) is 13.6 Å². The topological polar surface area (TPSA) is 20.3 Å². The monoisotopic (exact) mass is 153 g/mol. The number of rotatable bonds is 6. The minimum absolute atomic E-state index is 0.556. The lowest BCUT2D eigenvalue weighted by Crippen LogP contribution is -2.16. The molecule has 2 nitrogen and oxygen atoms in total. The molecule has 0 fully saturated rings. The highest BCUT2D eigenvalue weighted by atomic mass is 16.1. The predicted molar refractivity (Wildman–Crippen MR) is 47.3 cm³/mol. The highest BCUT2D eigenvalue weighted by Gasteiger charge is 1.97. The van der Waals surface area contributed by atoms with Crippen LogP contribution < -0.4 is 0 Å². The lowest BCUT2D eigenvalue weighted by atomic mass is 10.2. The van der Waals surface area contributed by atoms with E-state index in [1.807, 2.05) is 18.0 Å². The van der Waals surface area contributed by atoms with Gasteiger partial charge in [0.05, 0.1) is 0 Å². The number of likely N-dealkylation sites (N-methyl/N-ethyl adjacent to an activating group) is 1. The number of nitrogens with zero attached hydrogens (tertiary/aromatic N) is 1. The summed E-state index contributed by atoms with van der Waals surface area (Å²) >= 11 is 0. The second-order valence-electron chi connectivity index (χ2n) is 2.44. The highest BCUT2D eigenvalue weighted by Crippen LogP contribution is 2.04. The fourth-order valence-electron chi connectivity index (χ4n) is 0.739. The van der Waals surface area contributed by atoms with Crippen LogP contribution in [0.25, 0.3) is 0 Å². The van der Waals surface area contributed by atoms with E-state index in [9.17, 15) is 4.79 Å². The first-order valence-corrected chi connectivity index (χ1v) is 3.65. The molecule has 0 radical (unpaired) electrons. The van der Waals surface area contributed by atoms with Crippen LogP contribution in [-0.2, 0) is 4.79 Å². The quantitative estimate of drug-likeness (QED) is 0.426. The van der Waals surface area contributed by atoms with E-state index in [0.717, 1.165) is 24.9 Å². The molecule has 0 aromatic heterocycles. The van der Waals surface area contributed by atoms with Gasteiger partial charge in [0.25, 0.3) is 0 Å². The van der Waals surface area contributed by atoms with Gasteiger partial charge in [-0.2, -0.15) is 0 Å². The van der Waals surface area contributed by atoms with Crippen molar-refractivity contribution in [1.29, 1.82) is 0 Å². The van der Waals surface area contributed by atoms with Gasteiger partial charge in [-0.25, -0.2) is 0 Å². The summed E-state index contributed by atoms with van der Waals surface area (Å²) in [4.78, 5) is 12.0. The zero-order valence-corrected chi connectivity index (χ0v) is 7.05. The minimum Gasteiger partial charge on any atom is -0.375 e. The van der Waals surface area contributed by atoms with Crippen LogP contribution in [0.3, 0.4) is 0 Å². The largest absolute Gasteiger partial charge is 0.375 e. The Morgan fingerprint density at radius 3 is 2.73 bits per heavy atom. The molecule has 0 aliphatic heterocycles. The number of carbonyl (C=O) groups excluding carboxylic acids is 1. The van der Waals surface area contributed by atoms with Crippen molar-refractivity contribution in [1.82, 2.24) is 4.90 Å². The van der Waals surface area contributed by atoms with Crippen LogP contribution in [0.4, 0.5) is 0 Å². The number of allylic oxidation sites excluding steroid dienone is 1. The Bertz CT molecular complexity index is 152. The smallest absolute Gasteiger partial charge is 0.120 e. The highest BCUT2D eigenvalue weighted by molar-refractivity contribution is 5.49. The van der Waals surface area contributed by atoms with Gasteiger partial charge >= 0.3 is 0 Å². The molecule has 0 saturated carbocycles. The summed E-state index contributed by atoms with van der Waals surface area (Å²) in [6, 6.07) is 0. The Balaban J connectivity index is 3.62. The third kappa shape index (κ3) is 4.37. The Labute approximate surface area is 68.2 Å². The Morgan fingerprint density at radius 2 is 2.27 bits per heavy atom. The van der Waals surface area contributed by atoms with Crippen molar-refractivity contribution in [3.63, 3.8) is 0 Å². The summed E-state index contributed by atoms with van der Waals surface area (Å²) < 4.78 is 0. The maximum Gasteiger partial charge on any atom is 0.120 e. The fraction of sp³-hybridized carbons (Fsp3) is 0.444. The van der Waals surface area contributed by atoms with Gasteiger partial charge < -0.3 is 9.69 Å². The summed E-state index contributed by atoms with van der Waals surface area (Å²) in [5.41, 5.74) is 0.983. The van der Waals surface area contributed by atoms with Crippen molar-refractivity contribution < 1.29 is 4.79 Å². The van der Waals surface area contributed by atoms with E-state index < -0.39 is 0 Å². The van der Waals surface area contributed by atoms with Gasteiger partial charge in [0.2, 0.25) is 0 Å². The average molecular weight is 153 g/mol. The van der Waals surface area contributed by atoms with Crippen LogP contribution >= 0.6 is 0 Å². The molecular formula is C9H15NO. The molecule has 0 N–H and O–H groups in total. The SMILES string of the molecule is C=CCN(C)C(=C)CCC=O. The molecule has 0 unspecified atom stereocenters. The van der Waals surface area contributed by atoms with Gasteiger partial charge in [-0.3, -0.25) is 0 Å². The summed E-state index contributed by atoms with van der Waals surface area (Å²) in [5.74, 6) is 0. The van der Waals surface area contributed by atoms with E-state index in [1.165, 1.54) is 0 Å². The van der Waals surface area contributed by atoms with Crippen molar-refractivity contribution in [3.8, 4) is 0 Å². The van der Waals surface area contributed by atoms with E-state index in [0.29, 0.717) is 6.42 Å². The van der Waals surface area contributed by atoms with Gasteiger partial charge in [0.15, 0.2) is 0 Å². The molecule has 0 saturated heterocycles. The van der Waals surface area contributed by atoms with Gasteiger partial charge in [0.1, 0.15) is 6.29 Å². The van der Waals surface area contributed by atoms with Crippen LogP contribution in [0.1, 0.15) is 12.8 Å². The van der Waals surface area contributed by atoms with E-state index in [4.69, 9.17) is 0 Å². The molecule has 2 heteroatoms. The van der Waals surface area contributed by atoms with E-state index in [2.05, 4.69) is 13.2 Å². The zero-order valence-electron chi connectivity index (χ0n) is 7.05. The summed E-state index contributed by atoms with van der Waals surface area (Å²) in [7, 11) is 1.94. The normalized spacial score (nSPS) is 8.82. The molecule has 0 atom stereocenters. The molecule has 62 valence electrons. The number of hydrogen-bond acceptors (Lipinski definition) is 2. The van der Waals surface area contributed by atoms with Crippen LogP contribution in [0.2, 0.25) is 0 Å². The number of aldehydes is 1. The molecule has 0 aromatic rings. The number of hydrogen-bond donors (Lipinski definition) is 0. The third-order valence-electron chi connectivity index (χ3n) is 1.49. The lowest BCUT2D eigenvalue weighted by Gasteiger charge is -2.18. The molecule has 0 bridgehead atoms. The first kappa shape index (κ1) is 9.95. The summed E-state index contributed by atoms with van der Waals surface area (Å²) in [6.07, 6.45) is 4.02. The van der Waals surface area contributed by atoms with Crippen molar-refractivity contribution in [2.24, 2.45) is 0 Å². The van der Waals surface area contributed by atoms with Gasteiger partial charge in [-0.1, -0.05) is 12.7 Å². The Kier molecular flexibility index (Phi) is 5.17. The van der Waals surface area contributed by atoms with E-state index in [1.54, 1.807) is 0 Å².